The third kappa shape index (κ3) is 5.29. The first-order valence-corrected chi connectivity index (χ1v) is 12.6. The molecule has 11 nitrogen and oxygen atoms in total. The Morgan fingerprint density at radius 2 is 2.03 bits per heavy atom. The average molecular weight is 486 g/mol. The van der Waals surface area contributed by atoms with Crippen molar-refractivity contribution in [2.45, 2.75) is 76.6 Å². The van der Waals surface area contributed by atoms with Crippen molar-refractivity contribution < 1.29 is 19.0 Å². The summed E-state index contributed by atoms with van der Waals surface area (Å²) in [5, 5.41) is 10.5. The van der Waals surface area contributed by atoms with E-state index in [2.05, 4.69) is 20.4 Å². The van der Waals surface area contributed by atoms with Crippen LogP contribution in [-0.4, -0.2) is 82.3 Å². The fraction of sp³-hybridized carbons (Fsp3) is 0.667. The van der Waals surface area contributed by atoms with Crippen LogP contribution < -0.4 is 15.0 Å². The molecule has 4 atom stereocenters. The lowest BCUT2D eigenvalue weighted by Gasteiger charge is -2.49. The molecule has 0 radical (unpaired) electrons. The minimum Gasteiger partial charge on any atom is -0.472 e. The summed E-state index contributed by atoms with van der Waals surface area (Å²) in [7, 11) is 2.03. The first-order chi connectivity index (χ1) is 17.0. The van der Waals surface area contributed by atoms with Gasteiger partial charge >= 0.3 is 6.09 Å². The van der Waals surface area contributed by atoms with Crippen molar-refractivity contribution in [3.05, 3.63) is 17.8 Å². The molecule has 3 aliphatic heterocycles. The van der Waals surface area contributed by atoms with Crippen LogP contribution in [-0.2, 0) is 9.47 Å². The molecule has 5 heterocycles. The lowest BCUT2D eigenvalue weighted by atomic mass is 9.81. The van der Waals surface area contributed by atoms with Crippen molar-refractivity contribution in [2.24, 2.45) is 0 Å². The van der Waals surface area contributed by atoms with Crippen LogP contribution in [0.1, 0.15) is 51.1 Å². The lowest BCUT2D eigenvalue weighted by Crippen LogP contribution is -2.58. The third-order valence-electron chi connectivity index (χ3n) is 7.12. The zero-order valence-corrected chi connectivity index (χ0v) is 20.7. The van der Waals surface area contributed by atoms with E-state index in [1.807, 2.05) is 31.9 Å². The predicted molar refractivity (Wildman–Crippen MR) is 130 cm³/mol. The Morgan fingerprint density at radius 3 is 2.69 bits per heavy atom. The van der Waals surface area contributed by atoms with Gasteiger partial charge in [0, 0.05) is 49.4 Å². The second kappa shape index (κ2) is 10.3. The number of carbonyl (C=O) groups is 1. The van der Waals surface area contributed by atoms with E-state index in [9.17, 15) is 4.79 Å². The molecule has 3 aliphatic rings. The fourth-order valence-electron chi connectivity index (χ4n) is 5.41. The van der Waals surface area contributed by atoms with E-state index in [0.29, 0.717) is 43.3 Å². The zero-order valence-electron chi connectivity index (χ0n) is 20.7. The molecule has 190 valence electrons. The number of nitrogens with zero attached hydrogens (tertiary/aromatic N) is 5. The van der Waals surface area contributed by atoms with E-state index in [0.717, 1.165) is 44.2 Å². The molecule has 0 spiro atoms. The number of carbonyl (C=O) groups excluding carboxylic acids is 1. The van der Waals surface area contributed by atoms with Gasteiger partial charge in [-0.2, -0.15) is 15.1 Å². The number of ether oxygens (including phenoxy) is 3. The van der Waals surface area contributed by atoms with Gasteiger partial charge in [-0.25, -0.2) is 4.79 Å². The molecule has 1 amide bonds. The number of hydrogen-bond donors (Lipinski definition) is 2. The van der Waals surface area contributed by atoms with Gasteiger partial charge in [0.2, 0.25) is 11.8 Å². The highest BCUT2D eigenvalue weighted by Crippen LogP contribution is 2.37. The first kappa shape index (κ1) is 23.7. The van der Waals surface area contributed by atoms with Crippen LogP contribution >= 0.6 is 0 Å². The molecular weight excluding hydrogens is 450 g/mol. The Bertz CT molecular complexity index is 1010. The molecule has 2 N–H and O–H groups in total. The standard InChI is InChI=1S/C24H35N7O4/c1-4-34-24(32)31-16-6-5-7-17(31)12-18(11-16)30(3)23-26-20(25-21-10-15(2)28-29-21)13-22(27-23)35-19-8-9-33-14-19/h10,13,16-19H,4-9,11-12,14H2,1-3H3,(H2,25,26,27,28,29)/t16-,17+,18?,19-/m1/s1. The second-order valence-electron chi connectivity index (χ2n) is 9.64. The van der Waals surface area contributed by atoms with Crippen molar-refractivity contribution in [2.75, 3.05) is 37.1 Å². The number of rotatable bonds is 7. The SMILES string of the molecule is CCOC(=O)N1[C@@H]2CCC[C@H]1CC(N(C)c1nc(Nc3cc(C)[nH]n3)cc(O[C@@H]3CCOC3)n1)C2. The highest BCUT2D eigenvalue weighted by atomic mass is 16.6. The summed E-state index contributed by atoms with van der Waals surface area (Å²) in [5.41, 5.74) is 0.957. The quantitative estimate of drug-likeness (QED) is 0.608. The maximum absolute atomic E-state index is 12.6. The average Bonchev–Trinajstić information content (AvgIpc) is 3.49. The van der Waals surface area contributed by atoms with Crippen LogP contribution in [0, 0.1) is 6.92 Å². The first-order valence-electron chi connectivity index (χ1n) is 12.6. The van der Waals surface area contributed by atoms with Crippen LogP contribution in [0.3, 0.4) is 0 Å². The van der Waals surface area contributed by atoms with E-state index in [1.165, 1.54) is 0 Å². The number of fused-ring (bicyclic) bond motifs is 2. The van der Waals surface area contributed by atoms with E-state index < -0.39 is 0 Å². The highest BCUT2D eigenvalue weighted by molar-refractivity contribution is 5.69. The predicted octanol–water partition coefficient (Wildman–Crippen LogP) is 3.40. The molecule has 2 bridgehead atoms. The number of hydrogen-bond acceptors (Lipinski definition) is 9. The molecule has 3 fully saturated rings. The summed E-state index contributed by atoms with van der Waals surface area (Å²) in [6, 6.07) is 4.28. The van der Waals surface area contributed by atoms with Crippen LogP contribution in [0.5, 0.6) is 5.88 Å². The van der Waals surface area contributed by atoms with Crippen molar-refractivity contribution in [3.63, 3.8) is 0 Å². The van der Waals surface area contributed by atoms with Gasteiger partial charge in [0.05, 0.1) is 19.8 Å². The zero-order chi connectivity index (χ0) is 24.4. The van der Waals surface area contributed by atoms with Gasteiger partial charge in [-0.05, 0) is 46.0 Å². The molecule has 5 rings (SSSR count). The normalized spacial score (nSPS) is 25.9. The van der Waals surface area contributed by atoms with Gasteiger partial charge < -0.3 is 29.3 Å². The van der Waals surface area contributed by atoms with Crippen molar-refractivity contribution >= 4 is 23.7 Å². The van der Waals surface area contributed by atoms with E-state index in [-0.39, 0.29) is 30.3 Å². The van der Waals surface area contributed by atoms with Crippen LogP contribution in [0.4, 0.5) is 22.4 Å². The third-order valence-corrected chi connectivity index (χ3v) is 7.12. The smallest absolute Gasteiger partial charge is 0.410 e. The maximum Gasteiger partial charge on any atom is 0.410 e. The molecule has 35 heavy (non-hydrogen) atoms. The monoisotopic (exact) mass is 485 g/mol. The number of piperidine rings is 2. The molecule has 2 aromatic heterocycles. The van der Waals surface area contributed by atoms with Gasteiger partial charge in [0.15, 0.2) is 5.82 Å². The number of H-pyrrole nitrogens is 1. The Balaban J connectivity index is 1.37. The Hall–Kier alpha value is -3.08. The topological polar surface area (TPSA) is 118 Å². The molecule has 11 heteroatoms. The van der Waals surface area contributed by atoms with Crippen molar-refractivity contribution in [1.82, 2.24) is 25.1 Å². The molecule has 0 aliphatic carbocycles. The molecule has 3 saturated heterocycles. The molecular formula is C24H35N7O4. The van der Waals surface area contributed by atoms with Gasteiger partial charge in [-0.3, -0.25) is 5.10 Å². The maximum atomic E-state index is 12.6. The van der Waals surface area contributed by atoms with Crippen LogP contribution in [0.2, 0.25) is 0 Å². The summed E-state index contributed by atoms with van der Waals surface area (Å²) in [4.78, 5) is 26.3. The van der Waals surface area contributed by atoms with Crippen molar-refractivity contribution in [3.8, 4) is 5.88 Å². The summed E-state index contributed by atoms with van der Waals surface area (Å²) >= 11 is 0. The Morgan fingerprint density at radius 1 is 1.23 bits per heavy atom. The Kier molecular flexibility index (Phi) is 6.94. The van der Waals surface area contributed by atoms with Gasteiger partial charge in [-0.15, -0.1) is 0 Å². The fourth-order valence-corrected chi connectivity index (χ4v) is 5.41. The number of nitrogens with one attached hydrogen (secondary N) is 2. The number of aromatic amines is 1. The number of amides is 1. The summed E-state index contributed by atoms with van der Waals surface area (Å²) < 4.78 is 17.0. The molecule has 0 aromatic carbocycles. The largest absolute Gasteiger partial charge is 0.472 e. The molecule has 2 aromatic rings. The van der Waals surface area contributed by atoms with Crippen LogP contribution in [0.25, 0.3) is 0 Å². The van der Waals surface area contributed by atoms with E-state index in [1.54, 1.807) is 6.07 Å². The molecule has 1 unspecified atom stereocenters. The highest BCUT2D eigenvalue weighted by Gasteiger charge is 2.43. The lowest BCUT2D eigenvalue weighted by molar-refractivity contribution is 0.0190. The van der Waals surface area contributed by atoms with Crippen LogP contribution in [0.15, 0.2) is 12.1 Å². The van der Waals surface area contributed by atoms with Gasteiger partial charge in [-0.1, -0.05) is 0 Å². The van der Waals surface area contributed by atoms with E-state index in [4.69, 9.17) is 24.2 Å². The summed E-state index contributed by atoms with van der Waals surface area (Å²) in [6.45, 7) is 5.46. The van der Waals surface area contributed by atoms with Gasteiger partial charge in [0.1, 0.15) is 11.9 Å². The Labute approximate surface area is 205 Å². The summed E-state index contributed by atoms with van der Waals surface area (Å²) in [6.07, 6.45) is 5.49. The minimum atomic E-state index is -0.186. The minimum absolute atomic E-state index is 0.0179. The summed E-state index contributed by atoms with van der Waals surface area (Å²) in [5.74, 6) is 2.40. The second-order valence-corrected chi connectivity index (χ2v) is 9.64. The van der Waals surface area contributed by atoms with E-state index >= 15 is 0 Å². The number of anilines is 3. The number of aryl methyl sites for hydroxylation is 1. The molecule has 0 saturated carbocycles. The van der Waals surface area contributed by atoms with Crippen molar-refractivity contribution in [1.29, 1.82) is 0 Å². The number of aromatic nitrogens is 4. The van der Waals surface area contributed by atoms with Gasteiger partial charge in [0.25, 0.3) is 0 Å².